The number of hydrogen-bond acceptors (Lipinski definition) is 7. The Morgan fingerprint density at radius 1 is 1.12 bits per heavy atom. The second-order valence-electron chi connectivity index (χ2n) is 7.94. The van der Waals surface area contributed by atoms with E-state index in [-0.39, 0.29) is 10.8 Å². The van der Waals surface area contributed by atoms with Gasteiger partial charge < -0.3 is 14.5 Å². The number of thioether (sulfide) groups is 1. The van der Waals surface area contributed by atoms with Crippen molar-refractivity contribution in [2.24, 2.45) is 0 Å². The smallest absolute Gasteiger partial charge is 0.259 e. The van der Waals surface area contributed by atoms with E-state index in [1.807, 2.05) is 20.8 Å². The molecule has 3 aromatic heterocycles. The first-order chi connectivity index (χ1) is 15.9. The molecule has 3 heterocycles. The fourth-order valence-corrected chi connectivity index (χ4v) is 5.97. The molecule has 33 heavy (non-hydrogen) atoms. The molecule has 0 fully saturated rings. The predicted octanol–water partition coefficient (Wildman–Crippen LogP) is 5.58. The summed E-state index contributed by atoms with van der Waals surface area (Å²) in [4.78, 5) is 24.7. The maximum Gasteiger partial charge on any atom is 0.259 e. The molecule has 0 aliphatic heterocycles. The number of hydrogen-bond donors (Lipinski definition) is 1. The highest BCUT2D eigenvalue weighted by atomic mass is 32.2. The number of benzene rings is 1. The first-order valence-corrected chi connectivity index (χ1v) is 13.0. The molecule has 0 aliphatic rings. The van der Waals surface area contributed by atoms with Crippen molar-refractivity contribution in [1.29, 1.82) is 0 Å². The third kappa shape index (κ3) is 4.44. The summed E-state index contributed by atoms with van der Waals surface area (Å²) in [7, 11) is 0. The summed E-state index contributed by atoms with van der Waals surface area (Å²) in [6.45, 7) is 15.2. The number of fused-ring (bicyclic) bond motifs is 1. The topological polar surface area (TPSA) is 79.7 Å². The molecular weight excluding hydrogens is 452 g/mol. The minimum Gasteiger partial charge on any atom is -0.372 e. The van der Waals surface area contributed by atoms with Gasteiger partial charge in [-0.15, -0.1) is 21.5 Å². The second kappa shape index (κ2) is 9.69. The van der Waals surface area contributed by atoms with Crippen LogP contribution in [0.25, 0.3) is 21.6 Å². The molecule has 0 spiro atoms. The third-order valence-electron chi connectivity index (χ3n) is 6.01. The summed E-state index contributed by atoms with van der Waals surface area (Å²) < 4.78 is 2.11. The van der Waals surface area contributed by atoms with Crippen LogP contribution in [0.1, 0.15) is 49.2 Å². The van der Waals surface area contributed by atoms with Crippen LogP contribution in [0.5, 0.6) is 0 Å². The van der Waals surface area contributed by atoms with Crippen molar-refractivity contribution >= 4 is 39.0 Å². The monoisotopic (exact) mass is 482 g/mol. The molecule has 1 aromatic carbocycles. The maximum absolute atomic E-state index is 12.7. The van der Waals surface area contributed by atoms with Gasteiger partial charge in [-0.2, -0.15) is 0 Å². The van der Waals surface area contributed by atoms with Crippen LogP contribution >= 0.6 is 23.1 Å². The van der Waals surface area contributed by atoms with Crippen molar-refractivity contribution in [3.63, 3.8) is 0 Å². The van der Waals surface area contributed by atoms with E-state index in [2.05, 4.69) is 69.7 Å². The van der Waals surface area contributed by atoms with Gasteiger partial charge in [0.25, 0.3) is 5.56 Å². The number of aryl methyl sites for hydroxylation is 2. The first kappa shape index (κ1) is 23.5. The van der Waals surface area contributed by atoms with E-state index in [9.17, 15) is 4.79 Å². The average Bonchev–Trinajstić information content (AvgIpc) is 3.35. The SMILES string of the molecule is CCN(CC)c1ccc(-c2nnc(SC(C)c3nc4sc(C)c(C)c4c(=O)[nH]3)n2CC)cc1. The van der Waals surface area contributed by atoms with Crippen molar-refractivity contribution < 1.29 is 0 Å². The average molecular weight is 483 g/mol. The van der Waals surface area contributed by atoms with Crippen molar-refractivity contribution in [2.45, 2.75) is 58.5 Å². The van der Waals surface area contributed by atoms with Gasteiger partial charge in [-0.25, -0.2) is 4.98 Å². The van der Waals surface area contributed by atoms with E-state index in [0.29, 0.717) is 11.2 Å². The Morgan fingerprint density at radius 3 is 2.45 bits per heavy atom. The van der Waals surface area contributed by atoms with Crippen molar-refractivity contribution in [1.82, 2.24) is 24.7 Å². The molecule has 0 aliphatic carbocycles. The fraction of sp³-hybridized carbons (Fsp3) is 0.417. The summed E-state index contributed by atoms with van der Waals surface area (Å²) in [6, 6.07) is 8.49. The summed E-state index contributed by atoms with van der Waals surface area (Å²) >= 11 is 3.13. The van der Waals surface area contributed by atoms with E-state index in [4.69, 9.17) is 4.98 Å². The highest BCUT2D eigenvalue weighted by molar-refractivity contribution is 7.99. The lowest BCUT2D eigenvalue weighted by molar-refractivity contribution is 0.685. The lowest BCUT2D eigenvalue weighted by Gasteiger charge is -2.21. The van der Waals surface area contributed by atoms with Gasteiger partial charge in [0.2, 0.25) is 0 Å². The van der Waals surface area contributed by atoms with Crippen LogP contribution in [-0.2, 0) is 6.54 Å². The molecule has 0 bridgehead atoms. The molecule has 1 unspecified atom stereocenters. The van der Waals surface area contributed by atoms with E-state index in [1.54, 1.807) is 23.1 Å². The van der Waals surface area contributed by atoms with Crippen molar-refractivity contribution in [3.8, 4) is 11.4 Å². The number of H-pyrrole nitrogens is 1. The maximum atomic E-state index is 12.7. The van der Waals surface area contributed by atoms with E-state index >= 15 is 0 Å². The number of anilines is 1. The summed E-state index contributed by atoms with van der Waals surface area (Å²) in [5, 5.41) is 10.4. The molecule has 0 amide bonds. The van der Waals surface area contributed by atoms with Crippen LogP contribution in [0.4, 0.5) is 5.69 Å². The van der Waals surface area contributed by atoms with Gasteiger partial charge in [0.1, 0.15) is 10.7 Å². The lowest BCUT2D eigenvalue weighted by Crippen LogP contribution is -2.21. The molecule has 0 saturated carbocycles. The molecule has 1 atom stereocenters. The van der Waals surface area contributed by atoms with Crippen molar-refractivity contribution in [3.05, 3.63) is 50.9 Å². The van der Waals surface area contributed by atoms with Crippen LogP contribution in [0.3, 0.4) is 0 Å². The van der Waals surface area contributed by atoms with Crippen LogP contribution in [-0.4, -0.2) is 37.8 Å². The van der Waals surface area contributed by atoms with Gasteiger partial charge in [0.15, 0.2) is 11.0 Å². The quantitative estimate of drug-likeness (QED) is 0.330. The predicted molar refractivity (Wildman–Crippen MR) is 139 cm³/mol. The molecule has 0 radical (unpaired) electrons. The van der Waals surface area contributed by atoms with E-state index in [1.165, 1.54) is 5.69 Å². The second-order valence-corrected chi connectivity index (χ2v) is 10.5. The standard InChI is InChI=1S/C24H30N6OS2/c1-7-29(8-2)18-12-10-17(11-13-18)21-27-28-24(30(21)9-3)33-16(6)20-25-22(31)19-14(4)15(5)32-23(19)26-20/h10-13,16H,7-9H2,1-6H3,(H,25,26,31). The van der Waals surface area contributed by atoms with Crippen LogP contribution < -0.4 is 10.5 Å². The lowest BCUT2D eigenvalue weighted by atomic mass is 10.2. The first-order valence-electron chi connectivity index (χ1n) is 11.3. The molecule has 1 N–H and O–H groups in total. The Bertz CT molecular complexity index is 1320. The van der Waals surface area contributed by atoms with Gasteiger partial charge in [0.05, 0.1) is 10.6 Å². The van der Waals surface area contributed by atoms with Crippen LogP contribution in [0.15, 0.2) is 34.2 Å². The normalized spacial score (nSPS) is 12.4. The van der Waals surface area contributed by atoms with Crippen molar-refractivity contribution in [2.75, 3.05) is 18.0 Å². The number of aromatic nitrogens is 5. The van der Waals surface area contributed by atoms with Gasteiger partial charge >= 0.3 is 0 Å². The number of rotatable bonds is 8. The Balaban J connectivity index is 1.61. The summed E-state index contributed by atoms with van der Waals surface area (Å²) in [5.74, 6) is 1.51. The minimum atomic E-state index is -0.0739. The Hall–Kier alpha value is -2.65. The minimum absolute atomic E-state index is 0.0720. The van der Waals surface area contributed by atoms with Gasteiger partial charge in [-0.1, -0.05) is 11.8 Å². The zero-order chi connectivity index (χ0) is 23.7. The van der Waals surface area contributed by atoms with Gasteiger partial charge in [-0.05, 0) is 71.4 Å². The highest BCUT2D eigenvalue weighted by Gasteiger charge is 2.20. The number of nitrogens with zero attached hydrogens (tertiary/aromatic N) is 5. The molecule has 174 valence electrons. The molecular formula is C24H30N6OS2. The number of thiophene rings is 1. The Morgan fingerprint density at radius 2 is 1.82 bits per heavy atom. The van der Waals surface area contributed by atoms with E-state index < -0.39 is 0 Å². The Kier molecular flexibility index (Phi) is 6.90. The Labute approximate surface area is 202 Å². The zero-order valence-electron chi connectivity index (χ0n) is 20.0. The van der Waals surface area contributed by atoms with Gasteiger partial charge in [0, 0.05) is 35.8 Å². The number of nitrogens with one attached hydrogen (secondary N) is 1. The molecule has 7 nitrogen and oxygen atoms in total. The number of aromatic amines is 1. The van der Waals surface area contributed by atoms with E-state index in [0.717, 1.165) is 51.4 Å². The molecule has 9 heteroatoms. The largest absolute Gasteiger partial charge is 0.372 e. The highest BCUT2D eigenvalue weighted by Crippen LogP contribution is 2.35. The van der Waals surface area contributed by atoms with Gasteiger partial charge in [-0.3, -0.25) is 4.79 Å². The summed E-state index contributed by atoms with van der Waals surface area (Å²) in [6.07, 6.45) is 0. The fourth-order valence-electron chi connectivity index (χ4n) is 3.96. The molecule has 0 saturated heterocycles. The molecule has 4 aromatic rings. The van der Waals surface area contributed by atoms with Crippen LogP contribution in [0.2, 0.25) is 0 Å². The zero-order valence-corrected chi connectivity index (χ0v) is 21.6. The summed E-state index contributed by atoms with van der Waals surface area (Å²) in [5.41, 5.74) is 3.18. The molecule has 4 rings (SSSR count). The third-order valence-corrected chi connectivity index (χ3v) is 8.20. The van der Waals surface area contributed by atoms with Crippen LogP contribution in [0, 0.1) is 13.8 Å².